The Labute approximate surface area is 170 Å². The van der Waals surface area contributed by atoms with Crippen molar-refractivity contribution < 1.29 is 23.2 Å². The summed E-state index contributed by atoms with van der Waals surface area (Å²) in [5.74, 6) is 1.24. The summed E-state index contributed by atoms with van der Waals surface area (Å²) in [6, 6.07) is 9.94. The minimum absolute atomic E-state index is 0.00459. The number of rotatable bonds is 4. The highest BCUT2D eigenvalue weighted by molar-refractivity contribution is 6.30. The van der Waals surface area contributed by atoms with Crippen molar-refractivity contribution in [1.82, 2.24) is 15.0 Å². The fourth-order valence-electron chi connectivity index (χ4n) is 3.50. The molecule has 29 heavy (non-hydrogen) atoms. The van der Waals surface area contributed by atoms with Crippen molar-refractivity contribution in [3.8, 4) is 22.9 Å². The van der Waals surface area contributed by atoms with Crippen molar-refractivity contribution in [2.24, 2.45) is 0 Å². The number of nitrogens with zero attached hydrogens (tertiary/aromatic N) is 3. The van der Waals surface area contributed by atoms with Gasteiger partial charge in [0.15, 0.2) is 11.5 Å². The van der Waals surface area contributed by atoms with Crippen LogP contribution in [0.25, 0.3) is 11.4 Å². The zero-order chi connectivity index (χ0) is 20.0. The molecular formula is C20H15ClFN3O4. The number of carbonyl (C=O) groups is 1. The second kappa shape index (κ2) is 7.04. The van der Waals surface area contributed by atoms with Gasteiger partial charge in [0.05, 0.1) is 10.9 Å². The van der Waals surface area contributed by atoms with E-state index in [1.54, 1.807) is 11.0 Å². The molecule has 0 aliphatic carbocycles. The zero-order valence-electron chi connectivity index (χ0n) is 15.1. The van der Waals surface area contributed by atoms with E-state index >= 15 is 0 Å². The lowest BCUT2D eigenvalue weighted by Crippen LogP contribution is -2.24. The average molecular weight is 416 g/mol. The molecule has 1 fully saturated rings. The smallest absolute Gasteiger partial charge is 0.232 e. The van der Waals surface area contributed by atoms with Crippen LogP contribution in [0.4, 0.5) is 4.39 Å². The molecule has 3 aromatic rings. The number of amides is 1. The van der Waals surface area contributed by atoms with Gasteiger partial charge in [-0.2, -0.15) is 4.98 Å². The van der Waals surface area contributed by atoms with Crippen LogP contribution in [-0.2, 0) is 11.3 Å². The van der Waals surface area contributed by atoms with Gasteiger partial charge >= 0.3 is 0 Å². The molecule has 1 aromatic heterocycles. The van der Waals surface area contributed by atoms with Gasteiger partial charge < -0.3 is 18.9 Å². The maximum absolute atomic E-state index is 13.7. The van der Waals surface area contributed by atoms with Crippen LogP contribution in [0.3, 0.4) is 0 Å². The second-order valence-corrected chi connectivity index (χ2v) is 7.36. The normalized spacial score (nSPS) is 17.9. The molecule has 0 radical (unpaired) electrons. The summed E-state index contributed by atoms with van der Waals surface area (Å²) in [4.78, 5) is 18.6. The van der Waals surface area contributed by atoms with Crippen molar-refractivity contribution in [2.75, 3.05) is 13.3 Å². The van der Waals surface area contributed by atoms with E-state index in [1.807, 2.05) is 18.2 Å². The van der Waals surface area contributed by atoms with E-state index < -0.39 is 5.82 Å². The molecule has 5 rings (SSSR count). The Bertz CT molecular complexity index is 1100. The molecule has 2 aliphatic rings. The lowest BCUT2D eigenvalue weighted by atomic mass is 10.1. The lowest BCUT2D eigenvalue weighted by Gasteiger charge is -2.16. The van der Waals surface area contributed by atoms with Crippen molar-refractivity contribution in [3.05, 3.63) is 58.7 Å². The van der Waals surface area contributed by atoms with Gasteiger partial charge in [0.25, 0.3) is 0 Å². The molecule has 3 heterocycles. The van der Waals surface area contributed by atoms with E-state index in [2.05, 4.69) is 10.1 Å². The van der Waals surface area contributed by atoms with Crippen LogP contribution in [0.2, 0.25) is 5.02 Å². The van der Waals surface area contributed by atoms with Crippen LogP contribution < -0.4 is 9.47 Å². The molecule has 9 heteroatoms. The van der Waals surface area contributed by atoms with Gasteiger partial charge in [-0.15, -0.1) is 0 Å². The van der Waals surface area contributed by atoms with E-state index in [0.717, 1.165) is 5.56 Å². The molecule has 0 saturated carbocycles. The largest absolute Gasteiger partial charge is 0.454 e. The molecular weight excluding hydrogens is 401 g/mol. The molecule has 2 aromatic carbocycles. The van der Waals surface area contributed by atoms with E-state index in [0.29, 0.717) is 36.0 Å². The summed E-state index contributed by atoms with van der Waals surface area (Å²) >= 11 is 5.71. The summed E-state index contributed by atoms with van der Waals surface area (Å²) in [6.45, 7) is 1.12. The number of ether oxygens (including phenoxy) is 2. The van der Waals surface area contributed by atoms with Crippen LogP contribution in [0.1, 0.15) is 23.8 Å². The Morgan fingerprint density at radius 2 is 2.03 bits per heavy atom. The number of fused-ring (bicyclic) bond motifs is 1. The predicted octanol–water partition coefficient (Wildman–Crippen LogP) is 3.77. The fraction of sp³-hybridized carbons (Fsp3) is 0.250. The first kappa shape index (κ1) is 17.9. The molecule has 1 unspecified atom stereocenters. The standard InChI is InChI=1S/C20H15ClFN3O4/c21-14-3-2-12(6-15(14)22)19-23-20(29-24-19)13-7-18(26)25(9-13)8-11-1-4-16-17(5-11)28-10-27-16/h1-6,13H,7-10H2. The number of hydrogen-bond donors (Lipinski definition) is 0. The molecule has 1 atom stereocenters. The van der Waals surface area contributed by atoms with Crippen LogP contribution in [0.5, 0.6) is 11.5 Å². The predicted molar refractivity (Wildman–Crippen MR) is 100 cm³/mol. The van der Waals surface area contributed by atoms with Gasteiger partial charge in [0, 0.05) is 25.1 Å². The van der Waals surface area contributed by atoms with Gasteiger partial charge in [-0.3, -0.25) is 4.79 Å². The Morgan fingerprint density at radius 3 is 2.90 bits per heavy atom. The first-order chi connectivity index (χ1) is 14.1. The molecule has 148 valence electrons. The molecule has 1 saturated heterocycles. The summed E-state index contributed by atoms with van der Waals surface area (Å²) in [7, 11) is 0. The highest BCUT2D eigenvalue weighted by Crippen LogP contribution is 2.34. The minimum atomic E-state index is -0.554. The molecule has 7 nitrogen and oxygen atoms in total. The van der Waals surface area contributed by atoms with Crippen molar-refractivity contribution in [2.45, 2.75) is 18.9 Å². The lowest BCUT2D eigenvalue weighted by molar-refractivity contribution is -0.128. The van der Waals surface area contributed by atoms with E-state index in [9.17, 15) is 9.18 Å². The van der Waals surface area contributed by atoms with Crippen molar-refractivity contribution >= 4 is 17.5 Å². The van der Waals surface area contributed by atoms with Crippen LogP contribution in [0, 0.1) is 5.82 Å². The Morgan fingerprint density at radius 1 is 1.17 bits per heavy atom. The van der Waals surface area contributed by atoms with Crippen molar-refractivity contribution in [3.63, 3.8) is 0 Å². The first-order valence-corrected chi connectivity index (χ1v) is 9.40. The summed E-state index contributed by atoms with van der Waals surface area (Å²) in [5, 5.41) is 3.95. The topological polar surface area (TPSA) is 77.7 Å². The number of aromatic nitrogens is 2. The number of hydrogen-bond acceptors (Lipinski definition) is 6. The zero-order valence-corrected chi connectivity index (χ0v) is 15.9. The Balaban J connectivity index is 1.30. The van der Waals surface area contributed by atoms with Gasteiger partial charge in [0.1, 0.15) is 5.82 Å². The number of likely N-dealkylation sites (tertiary alicyclic amines) is 1. The van der Waals surface area contributed by atoms with Crippen LogP contribution in [0.15, 0.2) is 40.9 Å². The molecule has 2 aliphatic heterocycles. The average Bonchev–Trinajstić information content (AvgIpc) is 3.44. The fourth-order valence-corrected chi connectivity index (χ4v) is 3.62. The van der Waals surface area contributed by atoms with E-state index in [1.165, 1.54) is 12.1 Å². The number of halogens is 2. The summed E-state index contributed by atoms with van der Waals surface area (Å²) in [5.41, 5.74) is 1.41. The van der Waals surface area contributed by atoms with Crippen molar-refractivity contribution in [1.29, 1.82) is 0 Å². The summed E-state index contributed by atoms with van der Waals surface area (Å²) < 4.78 is 29.7. The van der Waals surface area contributed by atoms with E-state index in [-0.39, 0.29) is 35.9 Å². The Kier molecular flexibility index (Phi) is 4.35. The minimum Gasteiger partial charge on any atom is -0.454 e. The third kappa shape index (κ3) is 3.40. The Hall–Kier alpha value is -3.13. The second-order valence-electron chi connectivity index (χ2n) is 6.95. The monoisotopic (exact) mass is 415 g/mol. The maximum Gasteiger partial charge on any atom is 0.232 e. The molecule has 0 N–H and O–H groups in total. The van der Waals surface area contributed by atoms with E-state index in [4.69, 9.17) is 25.6 Å². The third-order valence-corrected chi connectivity index (χ3v) is 5.30. The highest BCUT2D eigenvalue weighted by atomic mass is 35.5. The third-order valence-electron chi connectivity index (χ3n) is 4.99. The van der Waals surface area contributed by atoms with Crippen LogP contribution in [-0.4, -0.2) is 34.3 Å². The van der Waals surface area contributed by atoms with Gasteiger partial charge in [-0.1, -0.05) is 22.8 Å². The first-order valence-electron chi connectivity index (χ1n) is 9.02. The molecule has 0 spiro atoms. The maximum atomic E-state index is 13.7. The SMILES string of the molecule is O=C1CC(c2nc(-c3ccc(Cl)c(F)c3)no2)CN1Cc1ccc2c(c1)OCO2. The molecule has 1 amide bonds. The van der Waals surface area contributed by atoms with Gasteiger partial charge in [-0.25, -0.2) is 4.39 Å². The highest BCUT2D eigenvalue weighted by Gasteiger charge is 2.34. The number of carbonyl (C=O) groups excluding carboxylic acids is 1. The summed E-state index contributed by atoms with van der Waals surface area (Å²) in [6.07, 6.45) is 0.279. The van der Waals surface area contributed by atoms with Gasteiger partial charge in [0.2, 0.25) is 24.4 Å². The van der Waals surface area contributed by atoms with Gasteiger partial charge in [-0.05, 0) is 35.9 Å². The molecule has 0 bridgehead atoms. The number of benzene rings is 2. The quantitative estimate of drug-likeness (QED) is 0.645. The van der Waals surface area contributed by atoms with Crippen LogP contribution >= 0.6 is 11.6 Å².